The van der Waals surface area contributed by atoms with Crippen molar-refractivity contribution in [3.63, 3.8) is 0 Å². The van der Waals surface area contributed by atoms with E-state index in [4.69, 9.17) is 0 Å². The molecule has 4 heterocycles. The van der Waals surface area contributed by atoms with Crippen molar-refractivity contribution < 1.29 is 9.59 Å². The molecule has 5 nitrogen and oxygen atoms in total. The normalized spacial score (nSPS) is 19.6. The van der Waals surface area contributed by atoms with Gasteiger partial charge in [-0.2, -0.15) is 0 Å². The lowest BCUT2D eigenvalue weighted by atomic mass is 9.76. The predicted molar refractivity (Wildman–Crippen MR) is 162 cm³/mol. The summed E-state index contributed by atoms with van der Waals surface area (Å²) in [6.45, 7) is 4.94. The Balaban J connectivity index is 1.37. The predicted octanol–water partition coefficient (Wildman–Crippen LogP) is 8.55. The van der Waals surface area contributed by atoms with Crippen molar-refractivity contribution in [1.82, 2.24) is 15.1 Å². The number of fused-ring (bicyclic) bond motifs is 2. The first-order valence-corrected chi connectivity index (χ1v) is 16.8. The average molecular weight is 680 g/mol. The molecule has 1 saturated heterocycles. The van der Waals surface area contributed by atoms with Crippen LogP contribution in [0, 0.1) is 17.8 Å². The van der Waals surface area contributed by atoms with Gasteiger partial charge in [-0.3, -0.25) is 14.5 Å². The van der Waals surface area contributed by atoms with E-state index in [0.717, 1.165) is 52.7 Å². The third-order valence-electron chi connectivity index (χ3n) is 7.84. The van der Waals surface area contributed by atoms with Crippen LogP contribution in [0.4, 0.5) is 0 Å². The van der Waals surface area contributed by atoms with Crippen LogP contribution >= 0.6 is 54.5 Å². The zero-order valence-electron chi connectivity index (χ0n) is 21.8. The van der Waals surface area contributed by atoms with Crippen LogP contribution in [0.3, 0.4) is 0 Å². The maximum absolute atomic E-state index is 13.6. The lowest BCUT2D eigenvalue weighted by molar-refractivity contribution is -0.140. The molecule has 2 amide bonds. The molecule has 1 aliphatic heterocycles. The van der Waals surface area contributed by atoms with Gasteiger partial charge in [-0.25, -0.2) is 0 Å². The summed E-state index contributed by atoms with van der Waals surface area (Å²) in [7, 11) is 0. The molecule has 2 aliphatic rings. The molecule has 202 valence electrons. The second kappa shape index (κ2) is 12.4. The number of halogens is 2. The first kappa shape index (κ1) is 28.1. The first-order valence-electron chi connectivity index (χ1n) is 13.6. The van der Waals surface area contributed by atoms with Gasteiger partial charge in [-0.05, 0) is 92.4 Å². The minimum atomic E-state index is -0.314. The Morgan fingerprint density at radius 1 is 0.842 bits per heavy atom. The van der Waals surface area contributed by atoms with E-state index in [1.54, 1.807) is 27.6 Å². The van der Waals surface area contributed by atoms with Crippen LogP contribution in [0.25, 0.3) is 21.1 Å². The molecule has 0 saturated carbocycles. The number of carbonyl (C=O) groups excluding carboxylic acids is 2. The molecule has 9 heteroatoms. The van der Waals surface area contributed by atoms with Crippen molar-refractivity contribution in [1.29, 1.82) is 0 Å². The average Bonchev–Trinajstić information content (AvgIpc) is 3.59. The van der Waals surface area contributed by atoms with Crippen LogP contribution in [0.5, 0.6) is 0 Å². The number of aromatic nitrogens is 2. The van der Waals surface area contributed by atoms with E-state index in [9.17, 15) is 9.59 Å². The van der Waals surface area contributed by atoms with Gasteiger partial charge in [0.1, 0.15) is 11.4 Å². The third kappa shape index (κ3) is 5.86. The molecule has 1 fully saturated rings. The van der Waals surface area contributed by atoms with Gasteiger partial charge in [0.25, 0.3) is 0 Å². The second-order valence-corrected chi connectivity index (χ2v) is 15.6. The summed E-state index contributed by atoms with van der Waals surface area (Å²) in [6, 6.07) is 8.12. The van der Waals surface area contributed by atoms with E-state index < -0.39 is 0 Å². The monoisotopic (exact) mass is 677 g/mol. The maximum atomic E-state index is 13.6. The molecule has 0 radical (unpaired) electrons. The molecule has 5 rings (SSSR count). The van der Waals surface area contributed by atoms with Crippen molar-refractivity contribution in [2.75, 3.05) is 6.54 Å². The SMILES string of the molecule is CCCCCCCCC(C)CN1C(=O)C2Cc3c(-c4ccc(Br)s4)nnc(-c4ccc(Br)s4)c3CC2C1=O. The van der Waals surface area contributed by atoms with Crippen molar-refractivity contribution in [3.05, 3.63) is 43.0 Å². The van der Waals surface area contributed by atoms with Crippen molar-refractivity contribution >= 4 is 66.3 Å². The largest absolute Gasteiger partial charge is 0.282 e. The standard InChI is InChI=1S/C29H33Br2N3O2S2/c1-3-4-5-6-7-8-9-17(2)16-34-28(35)20-14-18-19(15-21(20)29(34)36)27(23-11-13-25(31)38-23)33-32-26(18)22-10-12-24(30)37-22/h10-13,17,20-21H,3-9,14-16H2,1-2H3. The summed E-state index contributed by atoms with van der Waals surface area (Å²) in [5.41, 5.74) is 3.81. The van der Waals surface area contributed by atoms with Crippen molar-refractivity contribution in [2.24, 2.45) is 17.8 Å². The second-order valence-electron chi connectivity index (χ2n) is 10.6. The van der Waals surface area contributed by atoms with Crippen molar-refractivity contribution in [3.8, 4) is 21.1 Å². The zero-order valence-corrected chi connectivity index (χ0v) is 26.6. The summed E-state index contributed by atoms with van der Waals surface area (Å²) in [5, 5.41) is 9.34. The Kier molecular flexibility index (Phi) is 9.17. The minimum absolute atomic E-state index is 0.00372. The molecule has 3 aromatic rings. The number of amides is 2. The Morgan fingerprint density at radius 2 is 1.34 bits per heavy atom. The summed E-state index contributed by atoms with van der Waals surface area (Å²) in [4.78, 5) is 30.9. The fourth-order valence-corrected chi connectivity index (χ4v) is 8.63. The van der Waals surface area contributed by atoms with Crippen LogP contribution in [0.15, 0.2) is 31.8 Å². The number of nitrogens with zero attached hydrogens (tertiary/aromatic N) is 3. The van der Waals surface area contributed by atoms with Crippen LogP contribution < -0.4 is 0 Å². The molecule has 3 unspecified atom stereocenters. The molecule has 0 bridgehead atoms. The van der Waals surface area contributed by atoms with E-state index in [2.05, 4.69) is 55.9 Å². The van der Waals surface area contributed by atoms with Gasteiger partial charge in [0.05, 0.1) is 29.2 Å². The molecule has 3 aromatic heterocycles. The summed E-state index contributed by atoms with van der Waals surface area (Å²) in [6.07, 6.45) is 9.66. The van der Waals surface area contributed by atoms with E-state index >= 15 is 0 Å². The number of likely N-dealkylation sites (tertiary alicyclic amines) is 1. The highest BCUT2D eigenvalue weighted by molar-refractivity contribution is 9.11. The van der Waals surface area contributed by atoms with Gasteiger partial charge in [0.15, 0.2) is 0 Å². The van der Waals surface area contributed by atoms with E-state index in [-0.39, 0.29) is 23.7 Å². The molecule has 0 spiro atoms. The maximum Gasteiger partial charge on any atom is 0.233 e. The summed E-state index contributed by atoms with van der Waals surface area (Å²) in [5.74, 6) is -0.319. The number of unbranched alkanes of at least 4 members (excludes halogenated alkanes) is 5. The van der Waals surface area contributed by atoms with E-state index in [1.165, 1.54) is 32.1 Å². The number of hydrogen-bond donors (Lipinski definition) is 0. The Morgan fingerprint density at radius 3 is 1.82 bits per heavy atom. The minimum Gasteiger partial charge on any atom is -0.282 e. The van der Waals surface area contributed by atoms with Crippen molar-refractivity contribution in [2.45, 2.75) is 71.6 Å². The lowest BCUT2D eigenvalue weighted by Gasteiger charge is -2.26. The number of hydrogen-bond acceptors (Lipinski definition) is 6. The molecule has 0 aromatic carbocycles. The van der Waals surface area contributed by atoms with Crippen LogP contribution in [-0.2, 0) is 22.4 Å². The van der Waals surface area contributed by atoms with Gasteiger partial charge in [0, 0.05) is 6.54 Å². The summed E-state index contributed by atoms with van der Waals surface area (Å²) < 4.78 is 2.06. The molecular formula is C29H33Br2N3O2S2. The van der Waals surface area contributed by atoms with Gasteiger partial charge in [0.2, 0.25) is 11.8 Å². The number of thiophene rings is 2. The number of carbonyl (C=O) groups is 2. The molecule has 1 aliphatic carbocycles. The van der Waals surface area contributed by atoms with Crippen LogP contribution in [0.2, 0.25) is 0 Å². The zero-order chi connectivity index (χ0) is 26.8. The highest BCUT2D eigenvalue weighted by Gasteiger charge is 2.50. The number of imide groups is 1. The van der Waals surface area contributed by atoms with Gasteiger partial charge in [-0.1, -0.05) is 52.4 Å². The fraction of sp³-hybridized carbons (Fsp3) is 0.517. The topological polar surface area (TPSA) is 63.2 Å². The number of rotatable bonds is 11. The van der Waals surface area contributed by atoms with E-state index in [0.29, 0.717) is 25.3 Å². The molecular weight excluding hydrogens is 646 g/mol. The Bertz CT molecular complexity index is 1230. The van der Waals surface area contributed by atoms with Gasteiger partial charge >= 0.3 is 0 Å². The Hall–Kier alpha value is -1.42. The molecule has 38 heavy (non-hydrogen) atoms. The molecule has 3 atom stereocenters. The van der Waals surface area contributed by atoms with Crippen LogP contribution in [-0.4, -0.2) is 33.5 Å². The highest BCUT2D eigenvalue weighted by atomic mass is 79.9. The van der Waals surface area contributed by atoms with Crippen LogP contribution in [0.1, 0.15) is 69.9 Å². The highest BCUT2D eigenvalue weighted by Crippen LogP contribution is 2.45. The first-order chi connectivity index (χ1) is 18.4. The fourth-order valence-electron chi connectivity index (χ4n) is 5.83. The third-order valence-corrected chi connectivity index (χ3v) is 11.1. The van der Waals surface area contributed by atoms with Gasteiger partial charge in [-0.15, -0.1) is 32.9 Å². The summed E-state index contributed by atoms with van der Waals surface area (Å²) >= 11 is 10.4. The Labute approximate surface area is 249 Å². The lowest BCUT2D eigenvalue weighted by Crippen LogP contribution is -2.35. The smallest absolute Gasteiger partial charge is 0.233 e. The van der Waals surface area contributed by atoms with E-state index in [1.807, 2.05) is 24.3 Å². The quantitative estimate of drug-likeness (QED) is 0.151. The van der Waals surface area contributed by atoms with Gasteiger partial charge < -0.3 is 0 Å². The molecule has 0 N–H and O–H groups in total.